The van der Waals surface area contributed by atoms with Crippen LogP contribution in [0.1, 0.15) is 25.3 Å². The Morgan fingerprint density at radius 2 is 2.00 bits per heavy atom. The number of hydrogen-bond acceptors (Lipinski definition) is 3. The summed E-state index contributed by atoms with van der Waals surface area (Å²) in [6.07, 6.45) is 1.86. The third kappa shape index (κ3) is 6.25. The number of carboxylic acids is 1. The van der Waals surface area contributed by atoms with Crippen molar-refractivity contribution in [3.63, 3.8) is 0 Å². The van der Waals surface area contributed by atoms with E-state index in [1.165, 1.54) is 5.56 Å². The standard InChI is InChI=1S/C14H21NO3/c1-2-18-13-7-5-12(6-8-13)9-11-15-10-3-4-14(16)17/h5-8,15H,2-4,9-11H2,1H3,(H,16,17). The molecule has 100 valence electrons. The molecule has 1 rings (SSSR count). The number of rotatable bonds is 9. The molecular weight excluding hydrogens is 230 g/mol. The molecule has 1 aromatic rings. The highest BCUT2D eigenvalue weighted by Gasteiger charge is 1.97. The van der Waals surface area contributed by atoms with Crippen LogP contribution in [0.2, 0.25) is 0 Å². The predicted molar refractivity (Wildman–Crippen MR) is 71.1 cm³/mol. The van der Waals surface area contributed by atoms with Crippen molar-refractivity contribution >= 4 is 5.97 Å². The lowest BCUT2D eigenvalue weighted by Crippen LogP contribution is -2.19. The minimum Gasteiger partial charge on any atom is -0.494 e. The van der Waals surface area contributed by atoms with Crippen molar-refractivity contribution in [3.05, 3.63) is 29.8 Å². The number of aliphatic carboxylic acids is 1. The van der Waals surface area contributed by atoms with E-state index < -0.39 is 5.97 Å². The number of hydrogen-bond donors (Lipinski definition) is 2. The first-order valence-corrected chi connectivity index (χ1v) is 6.36. The van der Waals surface area contributed by atoms with E-state index in [1.54, 1.807) is 0 Å². The average Bonchev–Trinajstić information content (AvgIpc) is 2.35. The summed E-state index contributed by atoms with van der Waals surface area (Å²) >= 11 is 0. The Hall–Kier alpha value is -1.55. The van der Waals surface area contributed by atoms with E-state index in [4.69, 9.17) is 9.84 Å². The van der Waals surface area contributed by atoms with Gasteiger partial charge < -0.3 is 15.2 Å². The van der Waals surface area contributed by atoms with Gasteiger partial charge in [0.15, 0.2) is 0 Å². The van der Waals surface area contributed by atoms with Crippen molar-refractivity contribution in [3.8, 4) is 5.75 Å². The lowest BCUT2D eigenvalue weighted by atomic mass is 10.1. The average molecular weight is 251 g/mol. The third-order valence-electron chi connectivity index (χ3n) is 2.57. The van der Waals surface area contributed by atoms with Crippen LogP contribution in [-0.2, 0) is 11.2 Å². The largest absolute Gasteiger partial charge is 0.494 e. The Balaban J connectivity index is 2.13. The Morgan fingerprint density at radius 1 is 1.28 bits per heavy atom. The molecule has 0 amide bonds. The predicted octanol–water partition coefficient (Wildman–Crippen LogP) is 2.08. The summed E-state index contributed by atoms with van der Waals surface area (Å²) in [7, 11) is 0. The quantitative estimate of drug-likeness (QED) is 0.660. The van der Waals surface area contributed by atoms with E-state index in [1.807, 2.05) is 19.1 Å². The number of ether oxygens (including phenoxy) is 1. The van der Waals surface area contributed by atoms with Gasteiger partial charge in [-0.1, -0.05) is 12.1 Å². The number of carboxylic acid groups (broad SMARTS) is 1. The molecule has 0 unspecified atom stereocenters. The van der Waals surface area contributed by atoms with Crippen molar-refractivity contribution in [2.24, 2.45) is 0 Å². The van der Waals surface area contributed by atoms with E-state index in [0.29, 0.717) is 13.0 Å². The second-order valence-electron chi connectivity index (χ2n) is 4.07. The lowest BCUT2D eigenvalue weighted by Gasteiger charge is -2.06. The van der Waals surface area contributed by atoms with Crippen LogP contribution in [0.15, 0.2) is 24.3 Å². The van der Waals surface area contributed by atoms with Gasteiger partial charge in [0.2, 0.25) is 0 Å². The SMILES string of the molecule is CCOc1ccc(CCNCCCC(=O)O)cc1. The Bertz CT molecular complexity index is 349. The summed E-state index contributed by atoms with van der Waals surface area (Å²) in [4.78, 5) is 10.3. The van der Waals surface area contributed by atoms with Gasteiger partial charge in [-0.2, -0.15) is 0 Å². The molecule has 0 heterocycles. The summed E-state index contributed by atoms with van der Waals surface area (Å²) in [5, 5.41) is 11.7. The summed E-state index contributed by atoms with van der Waals surface area (Å²) in [6, 6.07) is 8.07. The first-order chi connectivity index (χ1) is 8.72. The molecule has 1 aromatic carbocycles. The van der Waals surface area contributed by atoms with Crippen molar-refractivity contribution in [2.45, 2.75) is 26.2 Å². The third-order valence-corrected chi connectivity index (χ3v) is 2.57. The van der Waals surface area contributed by atoms with Crippen molar-refractivity contribution in [1.29, 1.82) is 0 Å². The fourth-order valence-corrected chi connectivity index (χ4v) is 1.64. The van der Waals surface area contributed by atoms with Gasteiger partial charge in [0.05, 0.1) is 6.61 Å². The molecule has 4 nitrogen and oxygen atoms in total. The normalized spacial score (nSPS) is 10.3. The second kappa shape index (κ2) is 8.53. The fraction of sp³-hybridized carbons (Fsp3) is 0.500. The molecule has 0 aliphatic heterocycles. The zero-order valence-electron chi connectivity index (χ0n) is 10.8. The molecule has 0 radical (unpaired) electrons. The summed E-state index contributed by atoms with van der Waals surface area (Å²) in [5.41, 5.74) is 1.25. The highest BCUT2D eigenvalue weighted by Crippen LogP contribution is 2.12. The zero-order chi connectivity index (χ0) is 13.2. The number of benzene rings is 1. The molecule has 0 atom stereocenters. The first-order valence-electron chi connectivity index (χ1n) is 6.36. The molecule has 2 N–H and O–H groups in total. The molecule has 18 heavy (non-hydrogen) atoms. The van der Waals surface area contributed by atoms with Crippen LogP contribution >= 0.6 is 0 Å². The minimum atomic E-state index is -0.733. The molecular formula is C14H21NO3. The molecule has 0 saturated heterocycles. The van der Waals surface area contributed by atoms with Gasteiger partial charge in [-0.3, -0.25) is 4.79 Å². The molecule has 0 aliphatic carbocycles. The fourth-order valence-electron chi connectivity index (χ4n) is 1.64. The molecule has 4 heteroatoms. The van der Waals surface area contributed by atoms with Crippen LogP contribution in [-0.4, -0.2) is 30.8 Å². The Kier molecular flexibility index (Phi) is 6.87. The lowest BCUT2D eigenvalue weighted by molar-refractivity contribution is -0.137. The summed E-state index contributed by atoms with van der Waals surface area (Å²) in [5.74, 6) is 0.166. The molecule has 0 spiro atoms. The monoisotopic (exact) mass is 251 g/mol. The first kappa shape index (κ1) is 14.5. The van der Waals surface area contributed by atoms with Gasteiger partial charge in [0.1, 0.15) is 5.75 Å². The Labute approximate surface area is 108 Å². The van der Waals surface area contributed by atoms with E-state index in [0.717, 1.165) is 25.3 Å². The highest BCUT2D eigenvalue weighted by molar-refractivity contribution is 5.66. The second-order valence-corrected chi connectivity index (χ2v) is 4.07. The molecule has 0 aliphatic rings. The van der Waals surface area contributed by atoms with Crippen molar-refractivity contribution in [2.75, 3.05) is 19.7 Å². The highest BCUT2D eigenvalue weighted by atomic mass is 16.5. The van der Waals surface area contributed by atoms with Gasteiger partial charge in [-0.15, -0.1) is 0 Å². The van der Waals surface area contributed by atoms with Gasteiger partial charge in [0.25, 0.3) is 0 Å². The molecule has 0 bridgehead atoms. The maximum absolute atomic E-state index is 10.3. The van der Waals surface area contributed by atoms with E-state index in [-0.39, 0.29) is 6.42 Å². The summed E-state index contributed by atoms with van der Waals surface area (Å²) < 4.78 is 5.37. The Morgan fingerprint density at radius 3 is 2.61 bits per heavy atom. The van der Waals surface area contributed by atoms with Crippen molar-refractivity contribution < 1.29 is 14.6 Å². The van der Waals surface area contributed by atoms with Crippen molar-refractivity contribution in [1.82, 2.24) is 5.32 Å². The van der Waals surface area contributed by atoms with Gasteiger partial charge in [0, 0.05) is 6.42 Å². The molecule has 0 fully saturated rings. The van der Waals surface area contributed by atoms with Gasteiger partial charge >= 0.3 is 5.97 Å². The van der Waals surface area contributed by atoms with Crippen LogP contribution < -0.4 is 10.1 Å². The van der Waals surface area contributed by atoms with Crippen LogP contribution in [0.5, 0.6) is 5.75 Å². The molecule has 0 aromatic heterocycles. The van der Waals surface area contributed by atoms with E-state index in [9.17, 15) is 4.79 Å². The van der Waals surface area contributed by atoms with Crippen LogP contribution in [0.3, 0.4) is 0 Å². The minimum absolute atomic E-state index is 0.232. The number of carbonyl (C=O) groups is 1. The van der Waals surface area contributed by atoms with Gasteiger partial charge in [-0.25, -0.2) is 0 Å². The number of nitrogens with one attached hydrogen (secondary N) is 1. The van der Waals surface area contributed by atoms with E-state index in [2.05, 4.69) is 17.4 Å². The molecule has 0 saturated carbocycles. The topological polar surface area (TPSA) is 58.6 Å². The smallest absolute Gasteiger partial charge is 0.303 e. The maximum atomic E-state index is 10.3. The maximum Gasteiger partial charge on any atom is 0.303 e. The van der Waals surface area contributed by atoms with Gasteiger partial charge in [-0.05, 0) is 50.6 Å². The van der Waals surface area contributed by atoms with E-state index >= 15 is 0 Å². The van der Waals surface area contributed by atoms with Crippen LogP contribution in [0, 0.1) is 0 Å². The van der Waals surface area contributed by atoms with Crippen LogP contribution in [0.4, 0.5) is 0 Å². The zero-order valence-corrected chi connectivity index (χ0v) is 10.8. The van der Waals surface area contributed by atoms with Crippen LogP contribution in [0.25, 0.3) is 0 Å². The summed E-state index contributed by atoms with van der Waals surface area (Å²) in [6.45, 7) is 4.27.